The lowest BCUT2D eigenvalue weighted by molar-refractivity contribution is -0.146. The van der Waals surface area contributed by atoms with Crippen LogP contribution in [0.15, 0.2) is 64.9 Å². The maximum atomic E-state index is 15.2. The maximum absolute atomic E-state index is 15.2. The van der Waals surface area contributed by atoms with Crippen molar-refractivity contribution in [3.05, 3.63) is 80.2 Å². The number of thiophene rings is 2. The third-order valence-electron chi connectivity index (χ3n) is 9.81. The van der Waals surface area contributed by atoms with E-state index in [1.165, 1.54) is 4.88 Å². The fraction of sp³-hybridized carbons (Fsp3) is 0.438. The van der Waals surface area contributed by atoms with Crippen LogP contribution < -0.4 is 4.90 Å². The van der Waals surface area contributed by atoms with Gasteiger partial charge in [-0.2, -0.15) is 0 Å². The molecule has 1 aromatic carbocycles. The third-order valence-corrected chi connectivity index (χ3v) is 11.6. The lowest BCUT2D eigenvalue weighted by Gasteiger charge is -2.48. The second-order valence-corrected chi connectivity index (χ2v) is 13.8. The number of carbonyl (C=O) groups excluding carboxylic acids is 2. The number of amides is 1. The van der Waals surface area contributed by atoms with Crippen LogP contribution in [0.5, 0.6) is 0 Å². The number of likely N-dealkylation sites (N-methyl/N-ethyl adjacent to an activating group) is 2. The largest absolute Gasteiger partial charge is 0.304 e. The number of piperazine rings is 1. The van der Waals surface area contributed by atoms with Crippen LogP contribution in [0.2, 0.25) is 0 Å². The first kappa shape index (κ1) is 26.3. The first-order valence-corrected chi connectivity index (χ1v) is 16.1. The topological polar surface area (TPSA) is 47.1 Å². The smallest absolute Gasteiger partial charge is 0.254 e. The van der Waals surface area contributed by atoms with Crippen molar-refractivity contribution in [2.45, 2.75) is 30.7 Å². The lowest BCUT2D eigenvalue weighted by atomic mass is 9.54. The predicted molar refractivity (Wildman–Crippen MR) is 163 cm³/mol. The van der Waals surface area contributed by atoms with Crippen LogP contribution in [0.1, 0.15) is 40.5 Å². The highest BCUT2D eigenvalue weighted by Gasteiger charge is 2.75. The van der Waals surface area contributed by atoms with E-state index in [9.17, 15) is 0 Å². The molecule has 3 atom stereocenters. The zero-order chi connectivity index (χ0) is 27.5. The molecule has 7 rings (SSSR count). The first-order valence-electron chi connectivity index (χ1n) is 14.3. The Kier molecular flexibility index (Phi) is 6.59. The molecule has 0 bridgehead atoms. The minimum Gasteiger partial charge on any atom is -0.304 e. The van der Waals surface area contributed by atoms with Gasteiger partial charge in [0.15, 0.2) is 5.78 Å². The number of carbonyl (C=O) groups is 2. The van der Waals surface area contributed by atoms with E-state index in [1.807, 2.05) is 23.1 Å². The Bertz CT molecular complexity index is 1440. The van der Waals surface area contributed by atoms with Gasteiger partial charge in [-0.15, -0.1) is 22.7 Å². The standard InChI is InChI=1S/C32H36N4O2S2/c1-33-14-16-35(17-15-33)22-36-27-11-4-3-10-25(27)32(30(36)38)31(26(21-34(32)2)28-12-7-19-40-28)13-5-8-23(29(31)37)20-24-9-6-18-39-24/h3-4,6-7,9-12,18-20,26H,5,8,13-17,21-22H2,1-2H3/b23-20+/t26-,31+,32+/m0/s1. The number of allylic oxidation sites excluding steroid dienone is 1. The first-order chi connectivity index (χ1) is 19.5. The van der Waals surface area contributed by atoms with Gasteiger partial charge in [-0.1, -0.05) is 30.3 Å². The number of para-hydroxylation sites is 1. The van der Waals surface area contributed by atoms with Crippen LogP contribution in [0.25, 0.3) is 6.08 Å². The molecule has 3 fully saturated rings. The number of hydrogen-bond donors (Lipinski definition) is 0. The summed E-state index contributed by atoms with van der Waals surface area (Å²) in [5.74, 6) is 0.192. The molecule has 1 amide bonds. The minimum absolute atomic E-state index is 0.0439. The quantitative estimate of drug-likeness (QED) is 0.407. The molecular weight excluding hydrogens is 537 g/mol. The Morgan fingerprint density at radius 1 is 0.950 bits per heavy atom. The molecule has 8 heteroatoms. The molecule has 208 valence electrons. The van der Waals surface area contributed by atoms with Crippen molar-refractivity contribution in [3.8, 4) is 0 Å². The highest BCUT2D eigenvalue weighted by Crippen LogP contribution is 2.67. The maximum Gasteiger partial charge on any atom is 0.254 e. The Labute approximate surface area is 244 Å². The number of hydrogen-bond acceptors (Lipinski definition) is 7. The van der Waals surface area contributed by atoms with Crippen LogP contribution in [0.3, 0.4) is 0 Å². The Hall–Kier alpha value is -2.62. The van der Waals surface area contributed by atoms with Crippen molar-refractivity contribution in [3.63, 3.8) is 0 Å². The number of nitrogens with zero attached hydrogens (tertiary/aromatic N) is 4. The van der Waals surface area contributed by atoms with Gasteiger partial charge in [0.1, 0.15) is 5.54 Å². The van der Waals surface area contributed by atoms with E-state index in [1.54, 1.807) is 22.7 Å². The van der Waals surface area contributed by atoms with Gasteiger partial charge in [0, 0.05) is 54.0 Å². The van der Waals surface area contributed by atoms with E-state index in [0.29, 0.717) is 19.6 Å². The molecule has 0 N–H and O–H groups in total. The summed E-state index contributed by atoms with van der Waals surface area (Å²) in [6, 6.07) is 16.7. The SMILES string of the molecule is CN1CCN(CN2C(=O)[C@@]3(c4ccccc42)N(C)C[C@@H](c2cccs2)[C@@]32CCC/C(=C\c3cccs3)C2=O)CC1. The molecule has 3 aliphatic heterocycles. The summed E-state index contributed by atoms with van der Waals surface area (Å²) < 4.78 is 0. The van der Waals surface area contributed by atoms with Crippen LogP contribution in [-0.4, -0.2) is 79.9 Å². The van der Waals surface area contributed by atoms with Gasteiger partial charge in [-0.05, 0) is 74.0 Å². The number of benzene rings is 1. The molecule has 0 unspecified atom stereocenters. The Balaban J connectivity index is 1.40. The van der Waals surface area contributed by atoms with E-state index < -0.39 is 11.0 Å². The molecule has 40 heavy (non-hydrogen) atoms. The molecule has 1 saturated carbocycles. The average molecular weight is 573 g/mol. The second kappa shape index (κ2) is 10.0. The molecule has 1 aliphatic carbocycles. The predicted octanol–water partition coefficient (Wildman–Crippen LogP) is 5.11. The van der Waals surface area contributed by atoms with E-state index >= 15 is 9.59 Å². The Morgan fingerprint density at radius 3 is 2.48 bits per heavy atom. The number of Topliss-reactive ketones (excluding diaryl/α,β-unsaturated/α-hetero) is 1. The molecular formula is C32H36N4O2S2. The number of anilines is 1. The monoisotopic (exact) mass is 572 g/mol. The number of rotatable bonds is 4. The molecule has 3 aromatic rings. The van der Waals surface area contributed by atoms with E-state index in [0.717, 1.165) is 60.7 Å². The van der Waals surface area contributed by atoms with Crippen LogP contribution in [0.4, 0.5) is 5.69 Å². The molecule has 2 saturated heterocycles. The molecule has 2 aromatic heterocycles. The van der Waals surface area contributed by atoms with Crippen molar-refractivity contribution in [2.24, 2.45) is 5.41 Å². The van der Waals surface area contributed by atoms with Crippen LogP contribution in [-0.2, 0) is 15.1 Å². The fourth-order valence-electron chi connectivity index (χ4n) is 7.98. The summed E-state index contributed by atoms with van der Waals surface area (Å²) in [7, 11) is 4.23. The summed E-state index contributed by atoms with van der Waals surface area (Å²) in [4.78, 5) is 41.6. The van der Waals surface area contributed by atoms with Crippen molar-refractivity contribution < 1.29 is 9.59 Å². The van der Waals surface area contributed by atoms with Crippen molar-refractivity contribution in [1.29, 1.82) is 0 Å². The normalized spacial score (nSPS) is 30.8. The van der Waals surface area contributed by atoms with Gasteiger partial charge in [0.2, 0.25) is 0 Å². The van der Waals surface area contributed by atoms with Gasteiger partial charge in [-0.25, -0.2) is 0 Å². The average Bonchev–Trinajstić information content (AvgIpc) is 3.75. The summed E-state index contributed by atoms with van der Waals surface area (Å²) in [5, 5.41) is 4.16. The second-order valence-electron chi connectivity index (χ2n) is 11.8. The summed E-state index contributed by atoms with van der Waals surface area (Å²) in [6.07, 6.45) is 4.46. The zero-order valence-electron chi connectivity index (χ0n) is 23.2. The Morgan fingerprint density at radius 2 is 1.73 bits per heavy atom. The summed E-state index contributed by atoms with van der Waals surface area (Å²) in [5.41, 5.74) is 0.940. The van der Waals surface area contributed by atoms with Crippen molar-refractivity contribution >= 4 is 46.1 Å². The van der Waals surface area contributed by atoms with Gasteiger partial charge in [-0.3, -0.25) is 24.3 Å². The van der Waals surface area contributed by atoms with E-state index in [4.69, 9.17) is 0 Å². The molecule has 6 nitrogen and oxygen atoms in total. The van der Waals surface area contributed by atoms with Gasteiger partial charge < -0.3 is 4.90 Å². The fourth-order valence-corrected chi connectivity index (χ4v) is 9.57. The third kappa shape index (κ3) is 3.70. The molecule has 0 radical (unpaired) electrons. The number of likely N-dealkylation sites (tertiary alicyclic amines) is 1. The highest BCUT2D eigenvalue weighted by molar-refractivity contribution is 7.11. The van der Waals surface area contributed by atoms with Crippen LogP contribution in [0, 0.1) is 5.41 Å². The molecule has 2 spiro atoms. The summed E-state index contributed by atoms with van der Waals surface area (Å²) >= 11 is 3.38. The summed E-state index contributed by atoms with van der Waals surface area (Å²) in [6.45, 7) is 5.09. The molecule has 5 heterocycles. The number of ketones is 1. The van der Waals surface area contributed by atoms with Crippen molar-refractivity contribution in [1.82, 2.24) is 14.7 Å². The number of fused-ring (bicyclic) bond motifs is 3. The van der Waals surface area contributed by atoms with Gasteiger partial charge in [0.25, 0.3) is 5.91 Å². The highest BCUT2D eigenvalue weighted by atomic mass is 32.1. The molecule has 4 aliphatic rings. The van der Waals surface area contributed by atoms with Gasteiger partial charge >= 0.3 is 0 Å². The van der Waals surface area contributed by atoms with Crippen molar-refractivity contribution in [2.75, 3.05) is 58.4 Å². The lowest BCUT2D eigenvalue weighted by Crippen LogP contribution is -2.62. The van der Waals surface area contributed by atoms with E-state index in [2.05, 4.69) is 76.0 Å². The van der Waals surface area contributed by atoms with Crippen LogP contribution >= 0.6 is 22.7 Å². The van der Waals surface area contributed by atoms with E-state index in [-0.39, 0.29) is 17.6 Å². The van der Waals surface area contributed by atoms with Gasteiger partial charge in [0.05, 0.1) is 17.8 Å². The zero-order valence-corrected chi connectivity index (χ0v) is 24.8. The minimum atomic E-state index is -1.03.